The second-order valence-electron chi connectivity index (χ2n) is 3.98. The quantitative estimate of drug-likeness (QED) is 0.545. The summed E-state index contributed by atoms with van der Waals surface area (Å²) in [5.74, 6) is -1.87. The number of halogens is 5. The lowest BCUT2D eigenvalue weighted by molar-refractivity contribution is -0.140. The van der Waals surface area contributed by atoms with Gasteiger partial charge in [0.1, 0.15) is 5.82 Å². The van der Waals surface area contributed by atoms with Gasteiger partial charge in [-0.1, -0.05) is 0 Å². The summed E-state index contributed by atoms with van der Waals surface area (Å²) in [5, 5.41) is 1.76. The van der Waals surface area contributed by atoms with Crippen LogP contribution in [-0.4, -0.2) is 5.78 Å². The molecule has 0 aliphatic carbocycles. The van der Waals surface area contributed by atoms with Crippen molar-refractivity contribution in [2.24, 2.45) is 0 Å². The summed E-state index contributed by atoms with van der Waals surface area (Å²) in [4.78, 5) is 12.7. The highest BCUT2D eigenvalue weighted by Gasteiger charge is 2.34. The second-order valence-corrected chi connectivity index (χ2v) is 5.84. The fourth-order valence-corrected chi connectivity index (χ4v) is 3.11. The number of rotatable bonds is 3. The van der Waals surface area contributed by atoms with E-state index in [0.29, 0.717) is 17.0 Å². The van der Waals surface area contributed by atoms with E-state index in [2.05, 4.69) is 15.9 Å². The average molecular weight is 367 g/mol. The number of ketones is 1. The van der Waals surface area contributed by atoms with Crippen LogP contribution in [0.2, 0.25) is 0 Å². The Morgan fingerprint density at radius 2 is 1.95 bits per heavy atom. The number of Topliss-reactive ketones (excluding diaryl/α,β-unsaturated/α-hetero) is 1. The minimum Gasteiger partial charge on any atom is -0.294 e. The molecule has 106 valence electrons. The molecule has 2 aromatic rings. The lowest BCUT2D eigenvalue weighted by Crippen LogP contribution is -2.11. The molecule has 0 saturated carbocycles. The molecule has 0 saturated heterocycles. The maximum atomic E-state index is 13.1. The van der Waals surface area contributed by atoms with Gasteiger partial charge in [0.05, 0.1) is 5.56 Å². The molecule has 0 aliphatic heterocycles. The summed E-state index contributed by atoms with van der Waals surface area (Å²) in [6, 6.07) is 4.03. The van der Waals surface area contributed by atoms with Gasteiger partial charge in [-0.25, -0.2) is 4.39 Å². The van der Waals surface area contributed by atoms with Gasteiger partial charge in [0, 0.05) is 21.3 Å². The Labute approximate surface area is 124 Å². The van der Waals surface area contributed by atoms with Crippen LogP contribution in [0.25, 0.3) is 0 Å². The lowest BCUT2D eigenvalue weighted by Gasteiger charge is -2.09. The highest BCUT2D eigenvalue weighted by atomic mass is 79.9. The SMILES string of the molecule is O=C(Cc1sccc1Br)c1ccc(F)c(C(F)(F)F)c1. The van der Waals surface area contributed by atoms with E-state index in [-0.39, 0.29) is 12.0 Å². The Morgan fingerprint density at radius 3 is 2.50 bits per heavy atom. The monoisotopic (exact) mass is 366 g/mol. The first-order valence-corrected chi connectivity index (χ1v) is 7.08. The third-order valence-electron chi connectivity index (χ3n) is 2.61. The number of carbonyl (C=O) groups excluding carboxylic acids is 1. The third-order valence-corrected chi connectivity index (χ3v) is 4.53. The maximum absolute atomic E-state index is 13.1. The molecule has 0 unspecified atom stereocenters. The van der Waals surface area contributed by atoms with Gasteiger partial charge >= 0.3 is 6.18 Å². The van der Waals surface area contributed by atoms with Crippen molar-refractivity contribution in [3.05, 3.63) is 55.9 Å². The van der Waals surface area contributed by atoms with Crippen molar-refractivity contribution in [1.82, 2.24) is 0 Å². The van der Waals surface area contributed by atoms with E-state index in [1.54, 1.807) is 11.4 Å². The zero-order chi connectivity index (χ0) is 14.9. The van der Waals surface area contributed by atoms with E-state index in [0.717, 1.165) is 10.5 Å². The lowest BCUT2D eigenvalue weighted by atomic mass is 10.0. The summed E-state index contributed by atoms with van der Waals surface area (Å²) in [7, 11) is 0. The van der Waals surface area contributed by atoms with Crippen molar-refractivity contribution in [1.29, 1.82) is 0 Å². The zero-order valence-electron chi connectivity index (χ0n) is 9.80. The molecule has 0 amide bonds. The minimum absolute atomic E-state index is 0.0266. The first-order valence-electron chi connectivity index (χ1n) is 5.41. The normalized spacial score (nSPS) is 11.7. The number of hydrogen-bond acceptors (Lipinski definition) is 2. The van der Waals surface area contributed by atoms with Crippen molar-refractivity contribution < 1.29 is 22.4 Å². The molecule has 1 aromatic carbocycles. The van der Waals surface area contributed by atoms with Gasteiger partial charge in [0.2, 0.25) is 0 Å². The van der Waals surface area contributed by atoms with E-state index in [1.807, 2.05) is 0 Å². The molecule has 20 heavy (non-hydrogen) atoms. The molecule has 0 atom stereocenters. The number of carbonyl (C=O) groups is 1. The highest BCUT2D eigenvalue weighted by molar-refractivity contribution is 9.10. The van der Waals surface area contributed by atoms with Crippen LogP contribution in [0.15, 0.2) is 34.1 Å². The first kappa shape index (κ1) is 15.2. The molecule has 7 heteroatoms. The molecule has 1 nitrogen and oxygen atoms in total. The standard InChI is InChI=1S/C13H7BrF4OS/c14-9-3-4-20-12(9)6-11(19)7-1-2-10(15)8(5-7)13(16,17)18/h1-5H,6H2. The predicted molar refractivity (Wildman–Crippen MR) is 71.5 cm³/mol. The van der Waals surface area contributed by atoms with Crippen molar-refractivity contribution in [3.8, 4) is 0 Å². The fraction of sp³-hybridized carbons (Fsp3) is 0.154. The van der Waals surface area contributed by atoms with Gasteiger partial charge in [-0.2, -0.15) is 13.2 Å². The molecule has 2 rings (SSSR count). The van der Waals surface area contributed by atoms with Crippen LogP contribution in [0.1, 0.15) is 20.8 Å². The number of thiophene rings is 1. The van der Waals surface area contributed by atoms with Crippen LogP contribution >= 0.6 is 27.3 Å². The number of benzene rings is 1. The largest absolute Gasteiger partial charge is 0.419 e. The Hall–Kier alpha value is -1.21. The van der Waals surface area contributed by atoms with E-state index in [1.165, 1.54) is 11.3 Å². The molecule has 0 aliphatic rings. The van der Waals surface area contributed by atoms with E-state index < -0.39 is 23.3 Å². The molecular formula is C13H7BrF4OS. The molecule has 0 N–H and O–H groups in total. The molecule has 1 heterocycles. The van der Waals surface area contributed by atoms with Crippen LogP contribution in [0.4, 0.5) is 17.6 Å². The maximum Gasteiger partial charge on any atom is 0.419 e. The zero-order valence-corrected chi connectivity index (χ0v) is 12.2. The van der Waals surface area contributed by atoms with E-state index >= 15 is 0 Å². The van der Waals surface area contributed by atoms with Crippen molar-refractivity contribution in [2.45, 2.75) is 12.6 Å². The average Bonchev–Trinajstić information content (AvgIpc) is 2.74. The smallest absolute Gasteiger partial charge is 0.294 e. The second kappa shape index (κ2) is 5.65. The summed E-state index contributed by atoms with van der Waals surface area (Å²) in [6.07, 6.45) is -4.84. The molecule has 0 fully saturated rings. The molecule has 1 aromatic heterocycles. The Balaban J connectivity index is 2.29. The van der Waals surface area contributed by atoms with Crippen molar-refractivity contribution in [2.75, 3.05) is 0 Å². The van der Waals surface area contributed by atoms with Gasteiger partial charge in [-0.3, -0.25) is 4.79 Å². The fourth-order valence-electron chi connectivity index (χ4n) is 1.62. The van der Waals surface area contributed by atoms with Crippen LogP contribution in [0.5, 0.6) is 0 Å². The van der Waals surface area contributed by atoms with Crippen molar-refractivity contribution in [3.63, 3.8) is 0 Å². The van der Waals surface area contributed by atoms with Crippen LogP contribution in [-0.2, 0) is 12.6 Å². The van der Waals surface area contributed by atoms with Gasteiger partial charge in [-0.15, -0.1) is 11.3 Å². The van der Waals surface area contributed by atoms with Crippen LogP contribution in [0, 0.1) is 5.82 Å². The summed E-state index contributed by atoms with van der Waals surface area (Å²) in [5.41, 5.74) is -1.58. The molecular weight excluding hydrogens is 360 g/mol. The summed E-state index contributed by atoms with van der Waals surface area (Å²) >= 11 is 4.56. The first-order chi connectivity index (χ1) is 9.29. The van der Waals surface area contributed by atoms with Gasteiger partial charge in [0.15, 0.2) is 5.78 Å². The summed E-state index contributed by atoms with van der Waals surface area (Å²) < 4.78 is 51.6. The molecule has 0 radical (unpaired) electrons. The van der Waals surface area contributed by atoms with Crippen LogP contribution in [0.3, 0.4) is 0 Å². The Bertz CT molecular complexity index is 648. The van der Waals surface area contributed by atoms with Crippen LogP contribution < -0.4 is 0 Å². The van der Waals surface area contributed by atoms with Crippen molar-refractivity contribution >= 4 is 33.0 Å². The Morgan fingerprint density at radius 1 is 1.25 bits per heavy atom. The van der Waals surface area contributed by atoms with Gasteiger partial charge in [-0.05, 0) is 45.6 Å². The Kier molecular flexibility index (Phi) is 4.29. The topological polar surface area (TPSA) is 17.1 Å². The van der Waals surface area contributed by atoms with E-state index in [9.17, 15) is 22.4 Å². The predicted octanol–water partition coefficient (Wildman–Crippen LogP) is 5.09. The molecule has 0 spiro atoms. The highest BCUT2D eigenvalue weighted by Crippen LogP contribution is 2.32. The summed E-state index contributed by atoms with van der Waals surface area (Å²) in [6.45, 7) is 0. The molecule has 0 bridgehead atoms. The van der Waals surface area contributed by atoms with Gasteiger partial charge in [0.25, 0.3) is 0 Å². The number of hydrogen-bond donors (Lipinski definition) is 0. The third kappa shape index (κ3) is 3.27. The minimum atomic E-state index is -4.82. The van der Waals surface area contributed by atoms with E-state index in [4.69, 9.17) is 0 Å². The number of alkyl halides is 3. The van der Waals surface area contributed by atoms with Gasteiger partial charge < -0.3 is 0 Å².